The molecule has 26 heavy (non-hydrogen) atoms. The number of hydrogen-bond acceptors (Lipinski definition) is 5. The van der Waals surface area contributed by atoms with Gasteiger partial charge in [0.15, 0.2) is 0 Å². The van der Waals surface area contributed by atoms with E-state index in [1.54, 1.807) is 6.07 Å². The number of furan rings is 1. The summed E-state index contributed by atoms with van der Waals surface area (Å²) in [6, 6.07) is 16.7. The Balaban J connectivity index is 1.62. The molecule has 0 atom stereocenters. The van der Waals surface area contributed by atoms with Crippen LogP contribution in [-0.2, 0) is 0 Å². The van der Waals surface area contributed by atoms with Crippen molar-refractivity contribution in [3.05, 3.63) is 87.7 Å². The average Bonchev–Trinajstić information content (AvgIpc) is 3.11. The second-order valence-corrected chi connectivity index (χ2v) is 5.57. The van der Waals surface area contributed by atoms with Gasteiger partial charge in [-0.2, -0.15) is 5.10 Å². The number of nitro groups is 1. The molecule has 1 aromatic heterocycles. The zero-order valence-corrected chi connectivity index (χ0v) is 13.9. The van der Waals surface area contributed by atoms with Crippen molar-refractivity contribution in [1.29, 1.82) is 0 Å². The molecule has 0 aliphatic carbocycles. The van der Waals surface area contributed by atoms with Gasteiger partial charge in [-0.05, 0) is 31.2 Å². The highest BCUT2D eigenvalue weighted by Gasteiger charge is 2.09. The molecule has 0 fully saturated rings. The maximum Gasteiger partial charge on any atom is 0.271 e. The zero-order chi connectivity index (χ0) is 18.5. The van der Waals surface area contributed by atoms with Crippen LogP contribution in [0.1, 0.15) is 21.7 Å². The number of carbonyl (C=O) groups is 1. The molecule has 0 radical (unpaired) electrons. The third-order valence-electron chi connectivity index (χ3n) is 3.66. The van der Waals surface area contributed by atoms with E-state index >= 15 is 0 Å². The van der Waals surface area contributed by atoms with Crippen molar-refractivity contribution in [2.75, 3.05) is 0 Å². The lowest BCUT2D eigenvalue weighted by molar-refractivity contribution is -0.384. The smallest absolute Gasteiger partial charge is 0.271 e. The van der Waals surface area contributed by atoms with E-state index in [-0.39, 0.29) is 11.3 Å². The van der Waals surface area contributed by atoms with E-state index in [1.165, 1.54) is 30.5 Å². The second kappa shape index (κ2) is 7.43. The average molecular weight is 349 g/mol. The fourth-order valence-corrected chi connectivity index (χ4v) is 2.25. The maximum atomic E-state index is 11.9. The van der Waals surface area contributed by atoms with Crippen LogP contribution in [0.15, 0.2) is 70.2 Å². The van der Waals surface area contributed by atoms with Crippen molar-refractivity contribution in [2.45, 2.75) is 6.92 Å². The molecule has 3 aromatic rings. The number of amides is 1. The molecule has 3 rings (SSSR count). The zero-order valence-electron chi connectivity index (χ0n) is 13.9. The van der Waals surface area contributed by atoms with Crippen molar-refractivity contribution >= 4 is 17.8 Å². The lowest BCUT2D eigenvalue weighted by atomic mass is 10.1. The molecule has 7 heteroatoms. The van der Waals surface area contributed by atoms with E-state index in [9.17, 15) is 14.9 Å². The summed E-state index contributed by atoms with van der Waals surface area (Å²) in [6.45, 7) is 2.01. The first kappa shape index (κ1) is 17.1. The molecular formula is C19H15N3O4. The highest BCUT2D eigenvalue weighted by molar-refractivity contribution is 5.94. The number of non-ortho nitro benzene ring substituents is 1. The van der Waals surface area contributed by atoms with Crippen LogP contribution in [0, 0.1) is 17.0 Å². The Hall–Kier alpha value is -3.74. The molecule has 1 heterocycles. The normalized spacial score (nSPS) is 10.8. The van der Waals surface area contributed by atoms with Gasteiger partial charge in [0.2, 0.25) is 0 Å². The van der Waals surface area contributed by atoms with Crippen LogP contribution in [0.4, 0.5) is 5.69 Å². The standard InChI is InChI=1S/C19H15N3O4/c1-13-2-4-14(5-3-13)18-11-10-17(26-18)12-20-21-19(23)15-6-8-16(9-7-15)22(24)25/h2-12H,1H3,(H,21,23)/b20-12-. The number of hydrazone groups is 1. The van der Waals surface area contributed by atoms with Crippen molar-refractivity contribution < 1.29 is 14.1 Å². The lowest BCUT2D eigenvalue weighted by Crippen LogP contribution is -2.17. The van der Waals surface area contributed by atoms with E-state index in [0.717, 1.165) is 11.1 Å². The number of rotatable bonds is 5. The topological polar surface area (TPSA) is 97.7 Å². The summed E-state index contributed by atoms with van der Waals surface area (Å²) in [7, 11) is 0. The van der Waals surface area contributed by atoms with Gasteiger partial charge in [0.1, 0.15) is 11.5 Å². The molecule has 0 saturated carbocycles. The van der Waals surface area contributed by atoms with Crippen LogP contribution < -0.4 is 5.43 Å². The Morgan fingerprint density at radius 3 is 2.42 bits per heavy atom. The number of carbonyl (C=O) groups excluding carboxylic acids is 1. The van der Waals surface area contributed by atoms with Crippen LogP contribution in [0.25, 0.3) is 11.3 Å². The first-order valence-corrected chi connectivity index (χ1v) is 7.78. The Kier molecular flexibility index (Phi) is 4.89. The summed E-state index contributed by atoms with van der Waals surface area (Å²) >= 11 is 0. The van der Waals surface area contributed by atoms with Gasteiger partial charge in [-0.3, -0.25) is 14.9 Å². The van der Waals surface area contributed by atoms with Gasteiger partial charge in [-0.25, -0.2) is 5.43 Å². The molecule has 0 spiro atoms. The second-order valence-electron chi connectivity index (χ2n) is 5.57. The minimum absolute atomic E-state index is 0.0794. The lowest BCUT2D eigenvalue weighted by Gasteiger charge is -1.99. The molecule has 2 aromatic carbocycles. The molecule has 7 nitrogen and oxygen atoms in total. The van der Waals surface area contributed by atoms with Gasteiger partial charge in [0, 0.05) is 23.3 Å². The predicted molar refractivity (Wildman–Crippen MR) is 97.0 cm³/mol. The summed E-state index contributed by atoms with van der Waals surface area (Å²) in [5.74, 6) is 0.721. The predicted octanol–water partition coefficient (Wildman–Crippen LogP) is 3.93. The third-order valence-corrected chi connectivity index (χ3v) is 3.66. The molecule has 0 aliphatic heterocycles. The van der Waals surface area contributed by atoms with Crippen LogP contribution >= 0.6 is 0 Å². The van der Waals surface area contributed by atoms with Gasteiger partial charge in [0.25, 0.3) is 11.6 Å². The van der Waals surface area contributed by atoms with Gasteiger partial charge < -0.3 is 4.42 Å². The highest BCUT2D eigenvalue weighted by atomic mass is 16.6. The molecule has 1 N–H and O–H groups in total. The number of nitro benzene ring substituents is 1. The fraction of sp³-hybridized carbons (Fsp3) is 0.0526. The van der Waals surface area contributed by atoms with Gasteiger partial charge in [-0.1, -0.05) is 29.8 Å². The molecule has 0 bridgehead atoms. The van der Waals surface area contributed by atoms with Gasteiger partial charge in [-0.15, -0.1) is 0 Å². The van der Waals surface area contributed by atoms with E-state index in [1.807, 2.05) is 37.3 Å². The van der Waals surface area contributed by atoms with Crippen molar-refractivity contribution in [2.24, 2.45) is 5.10 Å². The number of nitrogens with zero attached hydrogens (tertiary/aromatic N) is 2. The monoisotopic (exact) mass is 349 g/mol. The van der Waals surface area contributed by atoms with Crippen LogP contribution in [0.2, 0.25) is 0 Å². The highest BCUT2D eigenvalue weighted by Crippen LogP contribution is 2.21. The van der Waals surface area contributed by atoms with Crippen molar-refractivity contribution in [3.8, 4) is 11.3 Å². The summed E-state index contributed by atoms with van der Waals surface area (Å²) < 4.78 is 5.66. The molecule has 0 saturated heterocycles. The Bertz CT molecular complexity index is 957. The molecule has 1 amide bonds. The first-order valence-electron chi connectivity index (χ1n) is 7.78. The summed E-state index contributed by atoms with van der Waals surface area (Å²) in [5, 5.41) is 14.4. The van der Waals surface area contributed by atoms with Crippen LogP contribution in [-0.4, -0.2) is 17.0 Å². The van der Waals surface area contributed by atoms with Gasteiger partial charge in [0.05, 0.1) is 11.1 Å². The minimum atomic E-state index is -0.525. The van der Waals surface area contributed by atoms with Crippen LogP contribution in [0.3, 0.4) is 0 Å². The number of nitrogens with one attached hydrogen (secondary N) is 1. The summed E-state index contributed by atoms with van der Waals surface area (Å²) in [5.41, 5.74) is 4.66. The molecule has 130 valence electrons. The van der Waals surface area contributed by atoms with Crippen molar-refractivity contribution in [3.63, 3.8) is 0 Å². The fourth-order valence-electron chi connectivity index (χ4n) is 2.25. The number of benzene rings is 2. The number of hydrogen-bond donors (Lipinski definition) is 1. The molecular weight excluding hydrogens is 334 g/mol. The maximum absolute atomic E-state index is 11.9. The summed E-state index contributed by atoms with van der Waals surface area (Å²) in [4.78, 5) is 22.0. The molecule has 0 aliphatic rings. The Labute approximate surface area is 149 Å². The van der Waals surface area contributed by atoms with E-state index in [2.05, 4.69) is 10.5 Å². The largest absolute Gasteiger partial charge is 0.455 e. The Morgan fingerprint density at radius 1 is 1.08 bits per heavy atom. The quantitative estimate of drug-likeness (QED) is 0.429. The number of aryl methyl sites for hydroxylation is 1. The SMILES string of the molecule is Cc1ccc(-c2ccc(/C=N\NC(=O)c3ccc([N+](=O)[O-])cc3)o2)cc1. The van der Waals surface area contributed by atoms with E-state index in [0.29, 0.717) is 11.5 Å². The van der Waals surface area contributed by atoms with E-state index < -0.39 is 10.8 Å². The van der Waals surface area contributed by atoms with Gasteiger partial charge >= 0.3 is 0 Å². The summed E-state index contributed by atoms with van der Waals surface area (Å²) in [6.07, 6.45) is 1.39. The van der Waals surface area contributed by atoms with Crippen molar-refractivity contribution in [1.82, 2.24) is 5.43 Å². The minimum Gasteiger partial charge on any atom is -0.455 e. The third kappa shape index (κ3) is 4.02. The Morgan fingerprint density at radius 2 is 1.77 bits per heavy atom. The first-order chi connectivity index (χ1) is 12.5. The van der Waals surface area contributed by atoms with E-state index in [4.69, 9.17) is 4.42 Å². The van der Waals surface area contributed by atoms with Crippen LogP contribution in [0.5, 0.6) is 0 Å². The molecule has 0 unspecified atom stereocenters.